The summed E-state index contributed by atoms with van der Waals surface area (Å²) in [6, 6.07) is 0. The van der Waals surface area contributed by atoms with Crippen LogP contribution in [0.4, 0.5) is 13.2 Å². The van der Waals surface area contributed by atoms with E-state index in [1.165, 1.54) is 19.9 Å². The van der Waals surface area contributed by atoms with Gasteiger partial charge >= 0.3 is 41.2 Å². The fraction of sp³-hybridized carbons (Fsp3) is 0.588. The van der Waals surface area contributed by atoms with Gasteiger partial charge in [-0.25, -0.2) is 18.5 Å². The highest BCUT2D eigenvalue weighted by molar-refractivity contribution is 7.66. The van der Waals surface area contributed by atoms with Crippen molar-refractivity contribution in [2.75, 3.05) is 13.2 Å². The maximum atomic E-state index is 13.1. The Morgan fingerprint density at radius 3 is 2.21 bits per heavy atom. The van der Waals surface area contributed by atoms with Gasteiger partial charge in [0.2, 0.25) is 0 Å². The highest BCUT2D eigenvalue weighted by Gasteiger charge is 2.47. The highest BCUT2D eigenvalue weighted by atomic mass is 31.3. The lowest BCUT2D eigenvalue weighted by Crippen LogP contribution is -2.43. The Morgan fingerprint density at radius 2 is 1.69 bits per heavy atom. The topological polar surface area (TPSA) is 285 Å². The number of nitrogens with one attached hydrogen (secondary N) is 1. The first-order valence-corrected chi connectivity index (χ1v) is 15.6. The molecule has 1 fully saturated rings. The third kappa shape index (κ3) is 10.3. The summed E-state index contributed by atoms with van der Waals surface area (Å²) >= 11 is 0. The van der Waals surface area contributed by atoms with E-state index in [4.69, 9.17) is 14.5 Å². The molecule has 0 saturated carbocycles. The van der Waals surface area contributed by atoms with Crippen molar-refractivity contribution in [2.24, 2.45) is 0 Å². The van der Waals surface area contributed by atoms with Crippen molar-refractivity contribution >= 4 is 29.4 Å². The van der Waals surface area contributed by atoms with Crippen molar-refractivity contribution in [1.29, 1.82) is 0 Å². The number of aliphatic hydroxyl groups is 2. The van der Waals surface area contributed by atoms with E-state index in [0.29, 0.717) is 16.3 Å². The number of nitrogens with zero attached hydrogens (tertiary/aromatic N) is 2. The van der Waals surface area contributed by atoms with E-state index in [0.717, 1.165) is 0 Å². The third-order valence-electron chi connectivity index (χ3n) is 5.08. The summed E-state index contributed by atoms with van der Waals surface area (Å²) in [5.41, 5.74) is -2.55. The molecule has 0 bridgehead atoms. The van der Waals surface area contributed by atoms with Crippen molar-refractivity contribution in [3.05, 3.63) is 44.2 Å². The lowest BCUT2D eigenvalue weighted by Gasteiger charge is -2.23. The Balaban J connectivity index is 2.28. The molecule has 0 aliphatic carbocycles. The first-order valence-electron chi connectivity index (χ1n) is 11.1. The molecular formula is C17H25F3N3O16P3. The second-order valence-corrected chi connectivity index (χ2v) is 13.1. The first-order chi connectivity index (χ1) is 18.9. The molecule has 0 spiro atoms. The van der Waals surface area contributed by atoms with Gasteiger partial charge < -0.3 is 39.4 Å². The van der Waals surface area contributed by atoms with Crippen LogP contribution in [0.3, 0.4) is 0 Å². The van der Waals surface area contributed by atoms with Gasteiger partial charge in [0.15, 0.2) is 6.23 Å². The van der Waals surface area contributed by atoms with Gasteiger partial charge in [-0.2, -0.15) is 21.8 Å². The molecule has 19 nitrogen and oxygen atoms in total. The molecule has 6 atom stereocenters. The SMILES string of the molecule is CC(C)=CCN(Cc1cn([C@@H]2O[C@H](COP(=O)(O)OP(=O)(O)OP(=O)(O)O)C(O)[C@@H]2O)c(=O)[nH]c1=O)C(=O)C(F)(F)F. The smallest absolute Gasteiger partial charge is 0.387 e. The number of aromatic amines is 1. The number of carbonyl (C=O) groups excluding carboxylic acids is 1. The van der Waals surface area contributed by atoms with Gasteiger partial charge in [0.25, 0.3) is 5.56 Å². The van der Waals surface area contributed by atoms with E-state index < -0.39 is 96.6 Å². The number of phosphoric acid groups is 3. The second kappa shape index (κ2) is 13.3. The number of rotatable bonds is 12. The molecule has 25 heteroatoms. The maximum Gasteiger partial charge on any atom is 0.490 e. The molecule has 3 unspecified atom stereocenters. The van der Waals surface area contributed by atoms with E-state index in [9.17, 15) is 61.2 Å². The van der Waals surface area contributed by atoms with E-state index in [-0.39, 0.29) is 4.90 Å². The summed E-state index contributed by atoms with van der Waals surface area (Å²) in [7, 11) is -17.2. The molecular weight excluding hydrogens is 652 g/mol. The van der Waals surface area contributed by atoms with E-state index in [1.807, 2.05) is 0 Å². The molecule has 7 N–H and O–H groups in total. The molecule has 1 saturated heterocycles. The minimum Gasteiger partial charge on any atom is -0.387 e. The van der Waals surface area contributed by atoms with Crippen LogP contribution in [0.15, 0.2) is 27.4 Å². The minimum atomic E-state index is -5.88. The molecule has 1 amide bonds. The average Bonchev–Trinajstić information content (AvgIpc) is 3.06. The summed E-state index contributed by atoms with van der Waals surface area (Å²) in [5.74, 6) is -2.31. The summed E-state index contributed by atoms with van der Waals surface area (Å²) in [4.78, 5) is 74.4. The molecule has 0 aromatic carbocycles. The molecule has 2 rings (SSSR count). The van der Waals surface area contributed by atoms with Gasteiger partial charge in [0, 0.05) is 12.7 Å². The third-order valence-corrected chi connectivity index (χ3v) is 8.88. The van der Waals surface area contributed by atoms with Crippen molar-refractivity contribution in [3.8, 4) is 0 Å². The van der Waals surface area contributed by atoms with Gasteiger partial charge in [-0.15, -0.1) is 0 Å². The second-order valence-electron chi connectivity index (χ2n) is 8.72. The van der Waals surface area contributed by atoms with Gasteiger partial charge in [-0.1, -0.05) is 11.6 Å². The van der Waals surface area contributed by atoms with Crippen molar-refractivity contribution in [1.82, 2.24) is 14.5 Å². The molecule has 1 aliphatic heterocycles. The first kappa shape index (κ1) is 36.2. The lowest BCUT2D eigenvalue weighted by molar-refractivity contribution is -0.185. The number of phosphoric ester groups is 1. The van der Waals surface area contributed by atoms with Crippen LogP contribution in [0.1, 0.15) is 25.6 Å². The number of ether oxygens (including phenoxy) is 1. The lowest BCUT2D eigenvalue weighted by atomic mass is 10.1. The van der Waals surface area contributed by atoms with Crippen LogP contribution in [0, 0.1) is 0 Å². The quantitative estimate of drug-likeness (QED) is 0.107. The molecule has 1 aromatic rings. The predicted molar refractivity (Wildman–Crippen MR) is 128 cm³/mol. The molecule has 240 valence electrons. The number of hydrogen-bond acceptors (Lipinski definition) is 12. The van der Waals surface area contributed by atoms with Crippen LogP contribution in [-0.4, -0.2) is 87.8 Å². The Bertz CT molecular complexity index is 1450. The number of aromatic nitrogens is 2. The fourth-order valence-electron chi connectivity index (χ4n) is 3.29. The monoisotopic (exact) mass is 677 g/mol. The Labute approximate surface area is 232 Å². The van der Waals surface area contributed by atoms with Crippen molar-refractivity contribution in [2.45, 2.75) is 51.1 Å². The summed E-state index contributed by atoms with van der Waals surface area (Å²) < 4.78 is 90.3. The summed E-state index contributed by atoms with van der Waals surface area (Å²) in [6.07, 6.45) is -11.2. The number of halogens is 3. The molecule has 0 radical (unpaired) electrons. The van der Waals surface area contributed by atoms with Crippen molar-refractivity contribution in [3.63, 3.8) is 0 Å². The largest absolute Gasteiger partial charge is 0.490 e. The van der Waals surface area contributed by atoms with E-state index in [2.05, 4.69) is 13.1 Å². The summed E-state index contributed by atoms with van der Waals surface area (Å²) in [6.45, 7) is 0.281. The predicted octanol–water partition coefficient (Wildman–Crippen LogP) is -0.644. The minimum absolute atomic E-state index is 0.249. The zero-order valence-electron chi connectivity index (χ0n) is 21.2. The maximum absolute atomic E-state index is 13.1. The number of H-pyrrole nitrogens is 1. The van der Waals surface area contributed by atoms with Gasteiger partial charge in [0.1, 0.15) is 18.3 Å². The van der Waals surface area contributed by atoms with Gasteiger partial charge in [-0.3, -0.25) is 23.7 Å². The molecule has 2 heterocycles. The molecule has 42 heavy (non-hydrogen) atoms. The van der Waals surface area contributed by atoms with Crippen LogP contribution in [0.25, 0.3) is 0 Å². The van der Waals surface area contributed by atoms with Crippen LogP contribution in [0.5, 0.6) is 0 Å². The van der Waals surface area contributed by atoms with E-state index in [1.54, 1.807) is 4.98 Å². The standard InChI is InChI=1S/C17H25F3N3O16P3/c1-8(2)3-4-22(15(27)17(18,19)20)5-9-6-23(16(28)21-13(9)26)14-12(25)11(24)10(37-14)7-36-41(32,33)39-42(34,35)38-40(29,30)31/h3,6,10-12,14,24-25H,4-5,7H2,1-2H3,(H,32,33)(H,34,35)(H,21,26,28)(H2,29,30,31)/t10-,11?,12+,14-/m1/s1. The number of amides is 1. The van der Waals surface area contributed by atoms with Crippen molar-refractivity contribution < 1.29 is 79.3 Å². The van der Waals surface area contributed by atoms with Gasteiger partial charge in [0.05, 0.1) is 18.7 Å². The Morgan fingerprint density at radius 1 is 1.10 bits per heavy atom. The highest BCUT2D eigenvalue weighted by Crippen LogP contribution is 2.66. The normalized spacial score (nSPS) is 24.1. The van der Waals surface area contributed by atoms with Crippen LogP contribution in [0.2, 0.25) is 0 Å². The zero-order chi connectivity index (χ0) is 32.4. The molecule has 1 aliphatic rings. The summed E-state index contributed by atoms with van der Waals surface area (Å²) in [5, 5.41) is 20.6. The zero-order valence-corrected chi connectivity index (χ0v) is 23.9. The average molecular weight is 677 g/mol. The molecule has 1 aromatic heterocycles. The van der Waals surface area contributed by atoms with Crippen LogP contribution >= 0.6 is 23.5 Å². The van der Waals surface area contributed by atoms with Crippen LogP contribution in [-0.2, 0) is 42.9 Å². The van der Waals surface area contributed by atoms with Crippen LogP contribution < -0.4 is 11.2 Å². The number of aliphatic hydroxyl groups excluding tert-OH is 2. The Kier molecular flexibility index (Phi) is 11.5. The Hall–Kier alpha value is -2.03. The fourth-order valence-corrected chi connectivity index (χ4v) is 6.32. The van der Waals surface area contributed by atoms with E-state index >= 15 is 0 Å². The number of carbonyl (C=O) groups is 1. The number of allylic oxidation sites excluding steroid dienone is 1. The van der Waals surface area contributed by atoms with Gasteiger partial charge in [-0.05, 0) is 13.8 Å². The number of hydrogen-bond donors (Lipinski definition) is 7. The number of alkyl halides is 3.